The first-order chi connectivity index (χ1) is 9.25. The standard InChI is InChI=1S/C14H17N3OS/c18-13-11-5-1-2-6-12(11)15-14(19)17(13)10-9-16-7-3-4-8-16/h1-2,5-6H,3-4,7-10H2,(H,15,19). The Hall–Kier alpha value is -1.46. The number of hydrogen-bond donors (Lipinski definition) is 1. The minimum atomic E-state index is 0.0125. The highest BCUT2D eigenvalue weighted by Gasteiger charge is 2.12. The number of nitrogens with one attached hydrogen (secondary N) is 1. The number of aromatic nitrogens is 2. The number of para-hydroxylation sites is 1. The summed E-state index contributed by atoms with van der Waals surface area (Å²) < 4.78 is 2.19. The van der Waals surface area contributed by atoms with Crippen LogP contribution < -0.4 is 5.56 Å². The second-order valence-corrected chi connectivity index (χ2v) is 5.37. The van der Waals surface area contributed by atoms with Crippen LogP contribution in [0.5, 0.6) is 0 Å². The van der Waals surface area contributed by atoms with Gasteiger partial charge in [0.1, 0.15) is 0 Å². The van der Waals surface area contributed by atoms with E-state index in [-0.39, 0.29) is 5.56 Å². The van der Waals surface area contributed by atoms with Crippen molar-refractivity contribution in [3.05, 3.63) is 39.4 Å². The first-order valence-electron chi connectivity index (χ1n) is 6.70. The topological polar surface area (TPSA) is 41.0 Å². The Kier molecular flexibility index (Phi) is 3.48. The Morgan fingerprint density at radius 1 is 1.16 bits per heavy atom. The van der Waals surface area contributed by atoms with Crippen LogP contribution in [0.15, 0.2) is 29.1 Å². The maximum Gasteiger partial charge on any atom is 0.262 e. The van der Waals surface area contributed by atoms with Crippen molar-refractivity contribution in [1.82, 2.24) is 14.5 Å². The molecule has 3 rings (SSSR count). The zero-order valence-electron chi connectivity index (χ0n) is 10.8. The van der Waals surface area contributed by atoms with E-state index in [4.69, 9.17) is 12.2 Å². The molecule has 2 aromatic rings. The number of hydrogen-bond acceptors (Lipinski definition) is 3. The van der Waals surface area contributed by atoms with Gasteiger partial charge in [0.05, 0.1) is 10.9 Å². The lowest BCUT2D eigenvalue weighted by Gasteiger charge is -2.15. The third-order valence-electron chi connectivity index (χ3n) is 3.73. The molecule has 0 aliphatic carbocycles. The van der Waals surface area contributed by atoms with Gasteiger partial charge < -0.3 is 9.88 Å². The van der Waals surface area contributed by atoms with E-state index in [0.717, 1.165) is 25.2 Å². The summed E-state index contributed by atoms with van der Waals surface area (Å²) >= 11 is 5.30. The van der Waals surface area contributed by atoms with Crippen LogP contribution in [0.3, 0.4) is 0 Å². The van der Waals surface area contributed by atoms with Gasteiger partial charge in [-0.05, 0) is 50.3 Å². The molecule has 1 N–H and O–H groups in total. The molecule has 0 unspecified atom stereocenters. The maximum atomic E-state index is 12.4. The van der Waals surface area contributed by atoms with Gasteiger partial charge in [0.2, 0.25) is 0 Å². The molecule has 0 saturated carbocycles. The fourth-order valence-electron chi connectivity index (χ4n) is 2.65. The van der Waals surface area contributed by atoms with Gasteiger partial charge >= 0.3 is 0 Å². The van der Waals surface area contributed by atoms with Gasteiger partial charge in [-0.2, -0.15) is 0 Å². The summed E-state index contributed by atoms with van der Waals surface area (Å²) in [6, 6.07) is 7.51. The molecule has 5 heteroatoms. The molecule has 0 radical (unpaired) electrons. The van der Waals surface area contributed by atoms with E-state index in [1.54, 1.807) is 4.57 Å². The van der Waals surface area contributed by atoms with Gasteiger partial charge in [0.15, 0.2) is 4.77 Å². The summed E-state index contributed by atoms with van der Waals surface area (Å²) in [7, 11) is 0. The van der Waals surface area contributed by atoms with E-state index in [2.05, 4.69) is 9.88 Å². The van der Waals surface area contributed by atoms with Gasteiger partial charge in [-0.3, -0.25) is 9.36 Å². The first-order valence-corrected chi connectivity index (χ1v) is 7.11. The number of fused-ring (bicyclic) bond motifs is 1. The Morgan fingerprint density at radius 3 is 2.68 bits per heavy atom. The molecule has 19 heavy (non-hydrogen) atoms. The number of aromatic amines is 1. The summed E-state index contributed by atoms with van der Waals surface area (Å²) in [5.41, 5.74) is 0.827. The van der Waals surface area contributed by atoms with Crippen LogP contribution >= 0.6 is 12.2 Å². The van der Waals surface area contributed by atoms with Crippen molar-refractivity contribution in [2.24, 2.45) is 0 Å². The lowest BCUT2D eigenvalue weighted by Crippen LogP contribution is -2.30. The van der Waals surface area contributed by atoms with Crippen LogP contribution in [0.4, 0.5) is 0 Å². The molecule has 0 spiro atoms. The van der Waals surface area contributed by atoms with Crippen molar-refractivity contribution < 1.29 is 0 Å². The largest absolute Gasteiger partial charge is 0.332 e. The molecule has 4 nitrogen and oxygen atoms in total. The number of likely N-dealkylation sites (tertiary alicyclic amines) is 1. The highest BCUT2D eigenvalue weighted by Crippen LogP contribution is 2.08. The number of benzene rings is 1. The van der Waals surface area contributed by atoms with Crippen molar-refractivity contribution in [2.75, 3.05) is 19.6 Å². The lowest BCUT2D eigenvalue weighted by atomic mass is 10.2. The predicted molar refractivity (Wildman–Crippen MR) is 79.1 cm³/mol. The second-order valence-electron chi connectivity index (χ2n) is 4.98. The van der Waals surface area contributed by atoms with Gasteiger partial charge in [-0.25, -0.2) is 0 Å². The van der Waals surface area contributed by atoms with Crippen LogP contribution in [-0.4, -0.2) is 34.1 Å². The molecule has 1 aromatic carbocycles. The molecule has 1 aromatic heterocycles. The zero-order chi connectivity index (χ0) is 13.2. The van der Waals surface area contributed by atoms with E-state index in [0.29, 0.717) is 16.7 Å². The highest BCUT2D eigenvalue weighted by atomic mass is 32.1. The van der Waals surface area contributed by atoms with Crippen molar-refractivity contribution >= 4 is 23.1 Å². The first kappa shape index (κ1) is 12.6. The molecular weight excluding hydrogens is 258 g/mol. The van der Waals surface area contributed by atoms with Crippen molar-refractivity contribution in [2.45, 2.75) is 19.4 Å². The summed E-state index contributed by atoms with van der Waals surface area (Å²) in [4.78, 5) is 17.9. The normalized spacial score (nSPS) is 16.2. The van der Waals surface area contributed by atoms with Crippen LogP contribution in [0.1, 0.15) is 12.8 Å². The third-order valence-corrected chi connectivity index (χ3v) is 4.05. The molecule has 2 heterocycles. The van der Waals surface area contributed by atoms with E-state index in [1.165, 1.54) is 12.8 Å². The maximum absolute atomic E-state index is 12.4. The Morgan fingerprint density at radius 2 is 1.89 bits per heavy atom. The van der Waals surface area contributed by atoms with Crippen molar-refractivity contribution in [3.8, 4) is 0 Å². The van der Waals surface area contributed by atoms with Crippen LogP contribution in [0.2, 0.25) is 0 Å². The van der Waals surface area contributed by atoms with E-state index in [9.17, 15) is 4.79 Å². The molecule has 0 atom stereocenters. The van der Waals surface area contributed by atoms with Crippen LogP contribution in [0.25, 0.3) is 10.9 Å². The zero-order valence-corrected chi connectivity index (χ0v) is 11.6. The summed E-state index contributed by atoms with van der Waals surface area (Å²) in [5, 5.41) is 0.706. The highest BCUT2D eigenvalue weighted by molar-refractivity contribution is 7.71. The Bertz CT molecular complexity index is 698. The Labute approximate surface area is 116 Å². The summed E-state index contributed by atoms with van der Waals surface area (Å²) in [6.07, 6.45) is 2.53. The molecule has 100 valence electrons. The molecule has 1 fully saturated rings. The average Bonchev–Trinajstić information content (AvgIpc) is 2.92. The molecule has 0 bridgehead atoms. The quantitative estimate of drug-likeness (QED) is 0.873. The minimum Gasteiger partial charge on any atom is -0.332 e. The van der Waals surface area contributed by atoms with E-state index >= 15 is 0 Å². The third kappa shape index (κ3) is 2.48. The lowest BCUT2D eigenvalue weighted by molar-refractivity contribution is 0.319. The minimum absolute atomic E-state index is 0.0125. The molecule has 1 saturated heterocycles. The van der Waals surface area contributed by atoms with Gasteiger partial charge in [0, 0.05) is 13.1 Å². The number of rotatable bonds is 3. The van der Waals surface area contributed by atoms with E-state index < -0.39 is 0 Å². The SMILES string of the molecule is O=c1c2ccccc2[nH]c(=S)n1CCN1CCCC1. The summed E-state index contributed by atoms with van der Waals surface area (Å²) in [5.74, 6) is 0. The van der Waals surface area contributed by atoms with Crippen molar-refractivity contribution in [1.29, 1.82) is 0 Å². The molecular formula is C14H17N3OS. The Balaban J connectivity index is 1.94. The molecule has 1 aliphatic heterocycles. The second kappa shape index (κ2) is 5.27. The predicted octanol–water partition coefficient (Wildman–Crippen LogP) is 2.15. The van der Waals surface area contributed by atoms with Crippen LogP contribution in [-0.2, 0) is 6.54 Å². The fourth-order valence-corrected chi connectivity index (χ4v) is 2.93. The summed E-state index contributed by atoms with van der Waals surface area (Å²) in [6.45, 7) is 3.84. The number of nitrogens with zero attached hydrogens (tertiary/aromatic N) is 2. The molecule has 1 aliphatic rings. The van der Waals surface area contributed by atoms with Gasteiger partial charge in [-0.1, -0.05) is 12.1 Å². The molecule has 0 amide bonds. The van der Waals surface area contributed by atoms with Crippen LogP contribution in [0, 0.1) is 4.77 Å². The van der Waals surface area contributed by atoms with Gasteiger partial charge in [-0.15, -0.1) is 0 Å². The number of H-pyrrole nitrogens is 1. The van der Waals surface area contributed by atoms with Gasteiger partial charge in [0.25, 0.3) is 5.56 Å². The average molecular weight is 275 g/mol. The fraction of sp³-hybridized carbons (Fsp3) is 0.429. The monoisotopic (exact) mass is 275 g/mol. The van der Waals surface area contributed by atoms with E-state index in [1.807, 2.05) is 24.3 Å². The van der Waals surface area contributed by atoms with Crippen molar-refractivity contribution in [3.63, 3.8) is 0 Å². The smallest absolute Gasteiger partial charge is 0.262 e.